The molecular formula is C14H19N3O4. The largest absolute Gasteiger partial charge is 0.394 e. The number of anilines is 1. The normalized spacial score (nSPS) is 15.9. The van der Waals surface area contributed by atoms with Gasteiger partial charge in [-0.1, -0.05) is 0 Å². The van der Waals surface area contributed by atoms with Crippen molar-refractivity contribution in [3.05, 3.63) is 33.9 Å². The number of rotatable bonds is 6. The van der Waals surface area contributed by atoms with Crippen molar-refractivity contribution in [1.82, 2.24) is 5.32 Å². The molecule has 1 amide bonds. The van der Waals surface area contributed by atoms with Crippen LogP contribution < -0.4 is 10.6 Å². The maximum Gasteiger partial charge on any atom is 0.293 e. The molecule has 3 N–H and O–H groups in total. The van der Waals surface area contributed by atoms with Crippen LogP contribution in [0.3, 0.4) is 0 Å². The Kier molecular flexibility index (Phi) is 4.42. The van der Waals surface area contributed by atoms with Gasteiger partial charge in [0.2, 0.25) is 0 Å². The lowest BCUT2D eigenvalue weighted by Crippen LogP contribution is -2.48. The van der Waals surface area contributed by atoms with Gasteiger partial charge in [-0.05, 0) is 38.3 Å². The van der Waals surface area contributed by atoms with Crippen molar-refractivity contribution in [3.63, 3.8) is 0 Å². The molecule has 0 heterocycles. The van der Waals surface area contributed by atoms with Gasteiger partial charge < -0.3 is 15.7 Å². The summed E-state index contributed by atoms with van der Waals surface area (Å²) >= 11 is 0. The van der Waals surface area contributed by atoms with E-state index in [9.17, 15) is 20.0 Å². The van der Waals surface area contributed by atoms with Crippen LogP contribution in [0.25, 0.3) is 0 Å². The molecule has 0 unspecified atom stereocenters. The van der Waals surface area contributed by atoms with Crippen LogP contribution in [0.5, 0.6) is 0 Å². The molecule has 1 aromatic carbocycles. The lowest BCUT2D eigenvalue weighted by Gasteiger charge is -2.41. The Balaban J connectivity index is 2.29. The highest BCUT2D eigenvalue weighted by Gasteiger charge is 2.37. The average Bonchev–Trinajstić information content (AvgIpc) is 2.43. The van der Waals surface area contributed by atoms with E-state index in [1.54, 1.807) is 13.0 Å². The third-order valence-corrected chi connectivity index (χ3v) is 3.81. The molecule has 1 fully saturated rings. The van der Waals surface area contributed by atoms with E-state index in [4.69, 9.17) is 0 Å². The van der Waals surface area contributed by atoms with Crippen LogP contribution in [0.2, 0.25) is 0 Å². The van der Waals surface area contributed by atoms with Crippen LogP contribution in [0, 0.1) is 10.1 Å². The molecule has 1 aromatic rings. The molecule has 0 aliphatic heterocycles. The Labute approximate surface area is 122 Å². The number of carbonyl (C=O) groups excluding carboxylic acids is 1. The second-order valence-corrected chi connectivity index (χ2v) is 5.27. The summed E-state index contributed by atoms with van der Waals surface area (Å²) in [6.45, 7) is 2.17. The molecule has 0 saturated heterocycles. The lowest BCUT2D eigenvalue weighted by atomic mass is 9.77. The van der Waals surface area contributed by atoms with Crippen molar-refractivity contribution in [3.8, 4) is 0 Å². The Morgan fingerprint density at radius 1 is 1.48 bits per heavy atom. The number of aliphatic hydroxyl groups is 1. The first-order valence-electron chi connectivity index (χ1n) is 6.97. The second kappa shape index (κ2) is 6.09. The maximum absolute atomic E-state index is 11.7. The standard InChI is InChI=1S/C14H19N3O4/c1-2-15-13(19)10-4-5-11(12(8-10)17(20)21)16-14(9-18)6-3-7-14/h4-5,8,16,18H,2-3,6-7,9H2,1H3,(H,15,19). The zero-order valence-electron chi connectivity index (χ0n) is 11.9. The van der Waals surface area contributed by atoms with Gasteiger partial charge in [0, 0.05) is 18.2 Å². The highest BCUT2D eigenvalue weighted by atomic mass is 16.6. The second-order valence-electron chi connectivity index (χ2n) is 5.27. The summed E-state index contributed by atoms with van der Waals surface area (Å²) < 4.78 is 0. The lowest BCUT2D eigenvalue weighted by molar-refractivity contribution is -0.384. The molecule has 0 radical (unpaired) electrons. The maximum atomic E-state index is 11.7. The summed E-state index contributed by atoms with van der Waals surface area (Å²) in [5.41, 5.74) is -0.0427. The van der Waals surface area contributed by atoms with E-state index in [1.807, 2.05) is 0 Å². The molecular weight excluding hydrogens is 274 g/mol. The predicted molar refractivity (Wildman–Crippen MR) is 78.4 cm³/mol. The summed E-state index contributed by atoms with van der Waals surface area (Å²) in [5, 5.41) is 26.3. The minimum absolute atomic E-state index is 0.0672. The Morgan fingerprint density at radius 3 is 2.67 bits per heavy atom. The summed E-state index contributed by atoms with van der Waals surface area (Å²) in [6.07, 6.45) is 2.54. The third-order valence-electron chi connectivity index (χ3n) is 3.81. The Hall–Kier alpha value is -2.15. The van der Waals surface area contributed by atoms with Gasteiger partial charge in [-0.25, -0.2) is 0 Å². The van der Waals surface area contributed by atoms with E-state index < -0.39 is 10.5 Å². The minimum Gasteiger partial charge on any atom is -0.394 e. The molecule has 114 valence electrons. The van der Waals surface area contributed by atoms with E-state index in [2.05, 4.69) is 10.6 Å². The average molecular weight is 293 g/mol. The van der Waals surface area contributed by atoms with Gasteiger partial charge >= 0.3 is 0 Å². The van der Waals surface area contributed by atoms with Crippen molar-refractivity contribution in [2.24, 2.45) is 0 Å². The number of carbonyl (C=O) groups is 1. The molecule has 1 aliphatic rings. The molecule has 0 atom stereocenters. The van der Waals surface area contributed by atoms with Crippen molar-refractivity contribution < 1.29 is 14.8 Å². The summed E-state index contributed by atoms with van der Waals surface area (Å²) in [7, 11) is 0. The van der Waals surface area contributed by atoms with Crippen LogP contribution in [-0.4, -0.2) is 34.6 Å². The van der Waals surface area contributed by atoms with Gasteiger partial charge in [-0.15, -0.1) is 0 Å². The summed E-state index contributed by atoms with van der Waals surface area (Å²) in [4.78, 5) is 22.4. The number of benzene rings is 1. The van der Waals surface area contributed by atoms with Gasteiger partial charge in [0.15, 0.2) is 0 Å². The fourth-order valence-electron chi connectivity index (χ4n) is 2.40. The number of hydrogen-bond acceptors (Lipinski definition) is 5. The quantitative estimate of drug-likeness (QED) is 0.546. The molecule has 2 rings (SSSR count). The van der Waals surface area contributed by atoms with Crippen molar-refractivity contribution >= 4 is 17.3 Å². The number of nitro groups is 1. The number of nitrogens with one attached hydrogen (secondary N) is 2. The van der Waals surface area contributed by atoms with E-state index in [1.165, 1.54) is 12.1 Å². The third kappa shape index (κ3) is 3.13. The minimum atomic E-state index is -0.519. The molecule has 0 spiro atoms. The van der Waals surface area contributed by atoms with Crippen molar-refractivity contribution in [2.45, 2.75) is 31.7 Å². The van der Waals surface area contributed by atoms with Gasteiger partial charge in [-0.2, -0.15) is 0 Å². The van der Waals surface area contributed by atoms with Crippen LogP contribution in [0.1, 0.15) is 36.5 Å². The summed E-state index contributed by atoms with van der Waals surface area (Å²) in [5.74, 6) is -0.340. The number of hydrogen-bond donors (Lipinski definition) is 3. The first kappa shape index (κ1) is 15.2. The Bertz CT molecular complexity index is 550. The highest BCUT2D eigenvalue weighted by molar-refractivity contribution is 5.95. The van der Waals surface area contributed by atoms with Gasteiger partial charge in [0.05, 0.1) is 17.1 Å². The smallest absolute Gasteiger partial charge is 0.293 e. The number of amides is 1. The number of nitro benzene ring substituents is 1. The molecule has 1 aliphatic carbocycles. The van der Waals surface area contributed by atoms with Gasteiger partial charge in [0.25, 0.3) is 11.6 Å². The van der Waals surface area contributed by atoms with E-state index >= 15 is 0 Å². The fourth-order valence-corrected chi connectivity index (χ4v) is 2.40. The predicted octanol–water partition coefficient (Wildman–Crippen LogP) is 1.67. The highest BCUT2D eigenvalue weighted by Crippen LogP contribution is 2.37. The van der Waals surface area contributed by atoms with Crippen LogP contribution in [0.4, 0.5) is 11.4 Å². The number of nitrogens with zero attached hydrogens (tertiary/aromatic N) is 1. The molecule has 21 heavy (non-hydrogen) atoms. The summed E-state index contributed by atoms with van der Waals surface area (Å²) in [6, 6.07) is 4.33. The SMILES string of the molecule is CCNC(=O)c1ccc(NC2(CO)CCC2)c([N+](=O)[O-])c1. The van der Waals surface area contributed by atoms with Crippen LogP contribution >= 0.6 is 0 Å². The molecule has 7 nitrogen and oxygen atoms in total. The molecule has 7 heteroatoms. The molecule has 0 bridgehead atoms. The zero-order chi connectivity index (χ0) is 15.5. The van der Waals surface area contributed by atoms with E-state index in [0.717, 1.165) is 19.3 Å². The zero-order valence-corrected chi connectivity index (χ0v) is 11.9. The van der Waals surface area contributed by atoms with Gasteiger partial charge in [-0.3, -0.25) is 14.9 Å². The van der Waals surface area contributed by atoms with Crippen molar-refractivity contribution in [1.29, 1.82) is 0 Å². The Morgan fingerprint density at radius 2 is 2.19 bits per heavy atom. The van der Waals surface area contributed by atoms with E-state index in [0.29, 0.717) is 12.2 Å². The fraction of sp³-hybridized carbons (Fsp3) is 0.500. The topological polar surface area (TPSA) is 104 Å². The van der Waals surface area contributed by atoms with Gasteiger partial charge in [0.1, 0.15) is 5.69 Å². The van der Waals surface area contributed by atoms with Crippen molar-refractivity contribution in [2.75, 3.05) is 18.5 Å². The van der Waals surface area contributed by atoms with Crippen LogP contribution in [-0.2, 0) is 0 Å². The van der Waals surface area contributed by atoms with E-state index in [-0.39, 0.29) is 23.8 Å². The van der Waals surface area contributed by atoms with Crippen LogP contribution in [0.15, 0.2) is 18.2 Å². The molecule has 1 saturated carbocycles. The first-order valence-corrected chi connectivity index (χ1v) is 6.97. The number of aliphatic hydroxyl groups excluding tert-OH is 1. The first-order chi connectivity index (χ1) is 10.0. The monoisotopic (exact) mass is 293 g/mol. The molecule has 0 aromatic heterocycles.